The smallest absolute Gasteiger partial charge is 0.339 e. The summed E-state index contributed by atoms with van der Waals surface area (Å²) in [5, 5.41) is 3.59. The van der Waals surface area contributed by atoms with Crippen LogP contribution in [0.4, 0.5) is 10.5 Å². The number of benzene rings is 2. The van der Waals surface area contributed by atoms with Gasteiger partial charge in [0.05, 0.1) is 32.4 Å². The van der Waals surface area contributed by atoms with Gasteiger partial charge < -0.3 is 48.4 Å². The van der Waals surface area contributed by atoms with Gasteiger partial charge in [0, 0.05) is 38.6 Å². The van der Waals surface area contributed by atoms with Crippen molar-refractivity contribution in [3.8, 4) is 5.75 Å². The van der Waals surface area contributed by atoms with Gasteiger partial charge in [-0.25, -0.2) is 9.59 Å². The molecule has 2 aromatic carbocycles. The number of carbonyl (C=O) groups excluding carboxylic acids is 5. The fourth-order valence-corrected chi connectivity index (χ4v) is 5.80. The van der Waals surface area contributed by atoms with Gasteiger partial charge >= 0.3 is 29.9 Å². The molecule has 0 radical (unpaired) electrons. The first-order valence-corrected chi connectivity index (χ1v) is 16.5. The van der Waals surface area contributed by atoms with Crippen molar-refractivity contribution in [2.75, 3.05) is 32.2 Å². The van der Waals surface area contributed by atoms with E-state index >= 15 is 0 Å². The van der Waals surface area contributed by atoms with E-state index in [2.05, 4.69) is 10.3 Å². The zero-order valence-electron chi connectivity index (χ0n) is 30.0. The Bertz CT molecular complexity index is 1840. The highest BCUT2D eigenvalue weighted by Crippen LogP contribution is 2.30. The van der Waals surface area contributed by atoms with Crippen LogP contribution < -0.4 is 15.6 Å². The largest absolute Gasteiger partial charge is 0.494 e. The standard InChI is InChI=1S/C36H43N3O13/c1-8-47-27-11-9-26(10-12-27)37-36(45)39(18-25-17-24-16-19(2)15-20(3)28(24)38-33(25)43)13-14-48-35-32(51-23(6)42)30(50-22(5)41)29(49-21(4)40)31(52-35)34(44)46-7/h9-12,15-17,29-32,35H,8,13-14,18H2,1-7H3,(H,37,45)(H,38,43)/t29-,30-,31-,32+,35+/m0/s1. The van der Waals surface area contributed by atoms with Crippen LogP contribution >= 0.6 is 0 Å². The number of aromatic nitrogens is 1. The van der Waals surface area contributed by atoms with E-state index in [1.54, 1.807) is 30.3 Å². The third kappa shape index (κ3) is 10.1. The number of nitrogens with one attached hydrogen (secondary N) is 2. The summed E-state index contributed by atoms with van der Waals surface area (Å²) in [6.45, 7) is 8.76. The number of pyridine rings is 1. The zero-order chi connectivity index (χ0) is 38.1. The van der Waals surface area contributed by atoms with Gasteiger partial charge in [0.2, 0.25) is 0 Å². The topological polar surface area (TPSA) is 198 Å². The number of amides is 2. The molecule has 1 aliphatic heterocycles. The Morgan fingerprint density at radius 1 is 0.885 bits per heavy atom. The summed E-state index contributed by atoms with van der Waals surface area (Å²) in [5.41, 5.74) is 2.89. The first-order chi connectivity index (χ1) is 24.7. The van der Waals surface area contributed by atoms with Crippen LogP contribution in [-0.2, 0) is 54.1 Å². The highest BCUT2D eigenvalue weighted by atomic mass is 16.7. The number of nitrogens with zero attached hydrogens (tertiary/aromatic N) is 1. The van der Waals surface area contributed by atoms with Gasteiger partial charge in [-0.15, -0.1) is 0 Å². The number of urea groups is 1. The number of ether oxygens (including phenoxy) is 7. The number of rotatable bonds is 13. The number of fused-ring (bicyclic) bond motifs is 1. The predicted molar refractivity (Wildman–Crippen MR) is 184 cm³/mol. The fraction of sp³-hybridized carbons (Fsp3) is 0.444. The number of H-pyrrole nitrogens is 1. The zero-order valence-corrected chi connectivity index (χ0v) is 30.0. The van der Waals surface area contributed by atoms with Crippen molar-refractivity contribution >= 4 is 46.5 Å². The van der Waals surface area contributed by atoms with Crippen LogP contribution in [0.2, 0.25) is 0 Å². The second-order valence-corrected chi connectivity index (χ2v) is 12.0. The van der Waals surface area contributed by atoms with Crippen LogP contribution in [0.5, 0.6) is 5.75 Å². The lowest BCUT2D eigenvalue weighted by Gasteiger charge is -2.43. The number of hydrogen-bond acceptors (Lipinski definition) is 13. The molecule has 52 heavy (non-hydrogen) atoms. The summed E-state index contributed by atoms with van der Waals surface area (Å²) in [6, 6.07) is 11.7. The average molecular weight is 726 g/mol. The first-order valence-electron chi connectivity index (χ1n) is 16.5. The molecule has 4 rings (SSSR count). The van der Waals surface area contributed by atoms with Gasteiger partial charge in [-0.2, -0.15) is 0 Å². The van der Waals surface area contributed by atoms with Gasteiger partial charge in [-0.1, -0.05) is 11.6 Å². The molecule has 0 bridgehead atoms. The minimum absolute atomic E-state index is 0.154. The van der Waals surface area contributed by atoms with E-state index < -0.39 is 66.2 Å². The van der Waals surface area contributed by atoms with E-state index in [1.807, 2.05) is 32.9 Å². The van der Waals surface area contributed by atoms with Crippen LogP contribution in [0, 0.1) is 13.8 Å². The molecule has 1 aliphatic rings. The molecule has 1 aromatic heterocycles. The van der Waals surface area contributed by atoms with Crippen molar-refractivity contribution < 1.29 is 57.1 Å². The molecule has 16 nitrogen and oxygen atoms in total. The summed E-state index contributed by atoms with van der Waals surface area (Å²) in [5.74, 6) is -2.89. The molecule has 2 heterocycles. The average Bonchev–Trinajstić information content (AvgIpc) is 3.07. The van der Waals surface area contributed by atoms with Gasteiger partial charge in [-0.3, -0.25) is 19.2 Å². The van der Waals surface area contributed by atoms with Crippen molar-refractivity contribution in [1.29, 1.82) is 0 Å². The number of methoxy groups -OCH3 is 1. The SMILES string of the molecule is CCOc1ccc(NC(=O)N(CCO[C@@H]2O[C@H](C(=O)OC)[C@@H](OC(C)=O)[C@H](OC(C)=O)[C@H]2OC(C)=O)Cc2cc3cc(C)cc(C)c3[nH]c2=O)cc1. The molecule has 5 atom stereocenters. The maximum absolute atomic E-state index is 13.8. The van der Waals surface area contributed by atoms with Gasteiger partial charge in [0.25, 0.3) is 5.56 Å². The monoisotopic (exact) mass is 725 g/mol. The summed E-state index contributed by atoms with van der Waals surface area (Å²) in [6.07, 6.45) is -7.86. The highest BCUT2D eigenvalue weighted by Gasteiger charge is 2.55. The summed E-state index contributed by atoms with van der Waals surface area (Å²) in [4.78, 5) is 80.4. The van der Waals surface area contributed by atoms with Crippen LogP contribution in [0.25, 0.3) is 10.9 Å². The second-order valence-electron chi connectivity index (χ2n) is 12.0. The van der Waals surface area contributed by atoms with Gasteiger partial charge in [-0.05, 0) is 68.1 Å². The molecular weight excluding hydrogens is 682 g/mol. The first kappa shape index (κ1) is 39.3. The van der Waals surface area contributed by atoms with Crippen LogP contribution in [0.15, 0.2) is 47.3 Å². The number of aryl methyl sites for hydroxylation is 2. The van der Waals surface area contributed by atoms with E-state index in [1.165, 1.54) is 4.90 Å². The van der Waals surface area contributed by atoms with Crippen molar-refractivity contribution in [3.05, 3.63) is 69.5 Å². The molecule has 0 aliphatic carbocycles. The Labute approximate surface area is 299 Å². The molecule has 3 aromatic rings. The molecule has 16 heteroatoms. The number of anilines is 1. The van der Waals surface area contributed by atoms with Crippen LogP contribution in [0.1, 0.15) is 44.4 Å². The van der Waals surface area contributed by atoms with Gasteiger partial charge in [0.1, 0.15) is 5.75 Å². The Morgan fingerprint density at radius 3 is 2.13 bits per heavy atom. The molecule has 0 saturated carbocycles. The number of esters is 4. The highest BCUT2D eigenvalue weighted by molar-refractivity contribution is 5.89. The minimum atomic E-state index is -1.66. The van der Waals surface area contributed by atoms with Crippen molar-refractivity contribution in [3.63, 3.8) is 0 Å². The molecular formula is C36H43N3O13. The Balaban J connectivity index is 1.64. The maximum Gasteiger partial charge on any atom is 0.339 e. The van der Waals surface area contributed by atoms with Crippen LogP contribution in [0.3, 0.4) is 0 Å². The number of carbonyl (C=O) groups is 5. The van der Waals surface area contributed by atoms with Crippen molar-refractivity contribution in [1.82, 2.24) is 9.88 Å². The summed E-state index contributed by atoms with van der Waals surface area (Å²) in [7, 11) is 1.07. The third-order valence-electron chi connectivity index (χ3n) is 7.91. The quantitative estimate of drug-likeness (QED) is 0.193. The van der Waals surface area contributed by atoms with Gasteiger partial charge in [0.15, 0.2) is 30.7 Å². The van der Waals surface area contributed by atoms with E-state index in [9.17, 15) is 28.8 Å². The molecule has 2 N–H and O–H groups in total. The Kier molecular flexibility index (Phi) is 13.3. The minimum Gasteiger partial charge on any atom is -0.494 e. The normalized spacial score (nSPS) is 19.6. The molecule has 280 valence electrons. The lowest BCUT2D eigenvalue weighted by atomic mass is 9.97. The third-order valence-corrected chi connectivity index (χ3v) is 7.91. The fourth-order valence-electron chi connectivity index (χ4n) is 5.80. The molecule has 2 amide bonds. The lowest BCUT2D eigenvalue weighted by molar-refractivity contribution is -0.301. The van der Waals surface area contributed by atoms with Crippen molar-refractivity contribution in [2.45, 2.75) is 78.8 Å². The second kappa shape index (κ2) is 17.6. The van der Waals surface area contributed by atoms with Crippen LogP contribution in [-0.4, -0.2) is 97.4 Å². The van der Waals surface area contributed by atoms with E-state index in [0.29, 0.717) is 23.6 Å². The molecule has 0 unspecified atom stereocenters. The summed E-state index contributed by atoms with van der Waals surface area (Å²) >= 11 is 0. The van der Waals surface area contributed by atoms with E-state index in [-0.39, 0.29) is 25.3 Å². The molecule has 0 spiro atoms. The number of hydrogen-bond donors (Lipinski definition) is 2. The maximum atomic E-state index is 13.8. The predicted octanol–water partition coefficient (Wildman–Crippen LogP) is 3.29. The molecule has 1 saturated heterocycles. The molecule has 1 fully saturated rings. The number of aromatic amines is 1. The van der Waals surface area contributed by atoms with Crippen molar-refractivity contribution in [2.24, 2.45) is 0 Å². The van der Waals surface area contributed by atoms with E-state index in [0.717, 1.165) is 44.4 Å². The van der Waals surface area contributed by atoms with E-state index in [4.69, 9.17) is 33.2 Å². The lowest BCUT2D eigenvalue weighted by Crippen LogP contribution is -2.64. The Hall–Kier alpha value is -5.48. The Morgan fingerprint density at radius 2 is 1.52 bits per heavy atom. The summed E-state index contributed by atoms with van der Waals surface area (Å²) < 4.78 is 38.2.